The number of rotatable bonds is 10. The van der Waals surface area contributed by atoms with Crippen LogP contribution in [-0.4, -0.2) is 25.9 Å². The molecule has 0 spiro atoms. The maximum absolute atomic E-state index is 6.00. The number of hydrogen-bond donors (Lipinski definition) is 1. The Balaban J connectivity index is 2.36. The van der Waals surface area contributed by atoms with Crippen molar-refractivity contribution in [1.29, 1.82) is 0 Å². The number of unbranched alkanes of at least 4 members (excludes halogenated alkanes) is 1. The quantitative estimate of drug-likeness (QED) is 0.661. The van der Waals surface area contributed by atoms with Crippen LogP contribution in [0.4, 0.5) is 0 Å². The summed E-state index contributed by atoms with van der Waals surface area (Å²) >= 11 is 0. The van der Waals surface area contributed by atoms with E-state index in [0.29, 0.717) is 13.2 Å². The van der Waals surface area contributed by atoms with E-state index in [1.165, 1.54) is 12.0 Å². The van der Waals surface area contributed by atoms with Crippen molar-refractivity contribution >= 4 is 0 Å². The summed E-state index contributed by atoms with van der Waals surface area (Å²) in [5, 5.41) is 0. The van der Waals surface area contributed by atoms with Gasteiger partial charge in [0.15, 0.2) is 0 Å². The SMILES string of the molecule is CCCCOCCOc1ccccc1CC(N)CC. The highest BCUT2D eigenvalue weighted by atomic mass is 16.5. The second-order valence-corrected chi connectivity index (χ2v) is 4.79. The number of ether oxygens (including phenoxy) is 2. The van der Waals surface area contributed by atoms with Crippen LogP contribution in [0.5, 0.6) is 5.75 Å². The third-order valence-electron chi connectivity index (χ3n) is 3.11. The summed E-state index contributed by atoms with van der Waals surface area (Å²) in [6.45, 7) is 6.33. The van der Waals surface area contributed by atoms with E-state index in [1.54, 1.807) is 0 Å². The van der Waals surface area contributed by atoms with Crippen LogP contribution in [0.2, 0.25) is 0 Å². The first-order chi connectivity index (χ1) is 9.27. The molecule has 1 rings (SSSR count). The van der Waals surface area contributed by atoms with E-state index in [4.69, 9.17) is 15.2 Å². The Labute approximate surface area is 117 Å². The molecule has 1 unspecified atom stereocenters. The first-order valence-electron chi connectivity index (χ1n) is 7.32. The van der Waals surface area contributed by atoms with Gasteiger partial charge in [0.2, 0.25) is 0 Å². The maximum Gasteiger partial charge on any atom is 0.122 e. The predicted molar refractivity (Wildman–Crippen MR) is 79.6 cm³/mol. The van der Waals surface area contributed by atoms with E-state index in [-0.39, 0.29) is 6.04 Å². The molecule has 3 nitrogen and oxygen atoms in total. The zero-order valence-electron chi connectivity index (χ0n) is 12.2. The topological polar surface area (TPSA) is 44.5 Å². The normalized spacial score (nSPS) is 12.4. The molecule has 0 aliphatic rings. The van der Waals surface area contributed by atoms with Gasteiger partial charge in [0.05, 0.1) is 6.61 Å². The van der Waals surface area contributed by atoms with Crippen LogP contribution in [-0.2, 0) is 11.2 Å². The lowest BCUT2D eigenvalue weighted by molar-refractivity contribution is 0.0977. The van der Waals surface area contributed by atoms with Gasteiger partial charge >= 0.3 is 0 Å². The van der Waals surface area contributed by atoms with E-state index in [2.05, 4.69) is 19.9 Å². The molecule has 0 fully saturated rings. The summed E-state index contributed by atoms with van der Waals surface area (Å²) in [5.74, 6) is 0.936. The fourth-order valence-electron chi connectivity index (χ4n) is 1.80. The van der Waals surface area contributed by atoms with Crippen LogP contribution in [0.15, 0.2) is 24.3 Å². The van der Waals surface area contributed by atoms with Gasteiger partial charge in [-0.05, 0) is 30.9 Å². The van der Waals surface area contributed by atoms with E-state index < -0.39 is 0 Å². The largest absolute Gasteiger partial charge is 0.491 e. The van der Waals surface area contributed by atoms with Gasteiger partial charge in [-0.15, -0.1) is 0 Å². The third-order valence-corrected chi connectivity index (χ3v) is 3.11. The summed E-state index contributed by atoms with van der Waals surface area (Å²) in [5.41, 5.74) is 7.19. The molecule has 3 heteroatoms. The number of para-hydroxylation sites is 1. The van der Waals surface area contributed by atoms with Gasteiger partial charge in [-0.2, -0.15) is 0 Å². The average molecular weight is 265 g/mol. The predicted octanol–water partition coefficient (Wildman–Crippen LogP) is 3.16. The van der Waals surface area contributed by atoms with E-state index in [1.807, 2.05) is 18.2 Å². The molecule has 0 aliphatic heterocycles. The van der Waals surface area contributed by atoms with Crippen molar-refractivity contribution in [3.05, 3.63) is 29.8 Å². The highest BCUT2D eigenvalue weighted by molar-refractivity contribution is 5.33. The maximum atomic E-state index is 6.00. The summed E-state index contributed by atoms with van der Waals surface area (Å²) in [6.07, 6.45) is 4.12. The van der Waals surface area contributed by atoms with Gasteiger partial charge in [-0.25, -0.2) is 0 Å². The van der Waals surface area contributed by atoms with E-state index in [9.17, 15) is 0 Å². The van der Waals surface area contributed by atoms with Crippen molar-refractivity contribution in [2.75, 3.05) is 19.8 Å². The van der Waals surface area contributed by atoms with Gasteiger partial charge in [-0.3, -0.25) is 0 Å². The second-order valence-electron chi connectivity index (χ2n) is 4.79. The van der Waals surface area contributed by atoms with E-state index >= 15 is 0 Å². The van der Waals surface area contributed by atoms with Gasteiger partial charge in [0, 0.05) is 12.6 Å². The molecule has 0 saturated heterocycles. The van der Waals surface area contributed by atoms with Gasteiger partial charge < -0.3 is 15.2 Å². The molecule has 0 amide bonds. The Morgan fingerprint density at radius 2 is 1.89 bits per heavy atom. The fourth-order valence-corrected chi connectivity index (χ4v) is 1.80. The molecular formula is C16H27NO2. The standard InChI is InChI=1S/C16H27NO2/c1-3-5-10-18-11-12-19-16-9-7-6-8-14(16)13-15(17)4-2/h6-9,15H,3-5,10-13,17H2,1-2H3. The zero-order valence-corrected chi connectivity index (χ0v) is 12.2. The Hall–Kier alpha value is -1.06. The molecule has 0 bridgehead atoms. The smallest absolute Gasteiger partial charge is 0.122 e. The molecule has 0 aliphatic carbocycles. The average Bonchev–Trinajstić information content (AvgIpc) is 2.44. The minimum Gasteiger partial charge on any atom is -0.491 e. The molecule has 0 aromatic heterocycles. The number of benzene rings is 1. The number of nitrogens with two attached hydrogens (primary N) is 1. The molecule has 1 atom stereocenters. The number of hydrogen-bond acceptors (Lipinski definition) is 3. The van der Waals surface area contributed by atoms with Crippen LogP contribution in [0.1, 0.15) is 38.7 Å². The lowest BCUT2D eigenvalue weighted by Gasteiger charge is -2.14. The Morgan fingerprint density at radius 1 is 1.11 bits per heavy atom. The van der Waals surface area contributed by atoms with Crippen molar-refractivity contribution < 1.29 is 9.47 Å². The van der Waals surface area contributed by atoms with Crippen molar-refractivity contribution in [3.63, 3.8) is 0 Å². The Bertz CT molecular complexity index is 341. The summed E-state index contributed by atoms with van der Waals surface area (Å²) in [7, 11) is 0. The van der Waals surface area contributed by atoms with Crippen molar-refractivity contribution in [1.82, 2.24) is 0 Å². The lowest BCUT2D eigenvalue weighted by atomic mass is 10.0. The molecule has 1 aromatic rings. The van der Waals surface area contributed by atoms with Crippen molar-refractivity contribution in [2.24, 2.45) is 5.73 Å². The minimum absolute atomic E-state index is 0.200. The van der Waals surface area contributed by atoms with Gasteiger partial charge in [0.1, 0.15) is 12.4 Å². The van der Waals surface area contributed by atoms with Gasteiger partial charge in [-0.1, -0.05) is 38.5 Å². The molecular weight excluding hydrogens is 238 g/mol. The second kappa shape index (κ2) is 9.82. The van der Waals surface area contributed by atoms with Crippen LogP contribution < -0.4 is 10.5 Å². The van der Waals surface area contributed by atoms with Crippen molar-refractivity contribution in [2.45, 2.75) is 45.6 Å². The monoisotopic (exact) mass is 265 g/mol. The molecule has 1 aromatic carbocycles. The van der Waals surface area contributed by atoms with Crippen LogP contribution in [0, 0.1) is 0 Å². The van der Waals surface area contributed by atoms with Crippen LogP contribution in [0.25, 0.3) is 0 Å². The summed E-state index contributed by atoms with van der Waals surface area (Å²) in [6, 6.07) is 8.31. The molecule has 2 N–H and O–H groups in total. The Kier molecular flexibility index (Phi) is 8.26. The molecule has 0 heterocycles. The van der Waals surface area contributed by atoms with E-state index in [0.717, 1.165) is 31.6 Å². The third kappa shape index (κ3) is 6.60. The summed E-state index contributed by atoms with van der Waals surface area (Å²) in [4.78, 5) is 0. The van der Waals surface area contributed by atoms with Crippen LogP contribution >= 0.6 is 0 Å². The highest BCUT2D eigenvalue weighted by Crippen LogP contribution is 2.19. The van der Waals surface area contributed by atoms with Crippen molar-refractivity contribution in [3.8, 4) is 5.75 Å². The lowest BCUT2D eigenvalue weighted by Crippen LogP contribution is -2.22. The summed E-state index contributed by atoms with van der Waals surface area (Å²) < 4.78 is 11.3. The van der Waals surface area contributed by atoms with Crippen LogP contribution in [0.3, 0.4) is 0 Å². The first-order valence-corrected chi connectivity index (χ1v) is 7.32. The molecule has 0 saturated carbocycles. The van der Waals surface area contributed by atoms with Gasteiger partial charge in [0.25, 0.3) is 0 Å². The highest BCUT2D eigenvalue weighted by Gasteiger charge is 2.07. The zero-order chi connectivity index (χ0) is 13.9. The molecule has 0 radical (unpaired) electrons. The Morgan fingerprint density at radius 3 is 2.63 bits per heavy atom. The minimum atomic E-state index is 0.200. The molecule has 108 valence electrons. The fraction of sp³-hybridized carbons (Fsp3) is 0.625. The molecule has 19 heavy (non-hydrogen) atoms. The first kappa shape index (κ1) is 16.0.